The summed E-state index contributed by atoms with van der Waals surface area (Å²) in [5, 5.41) is 3.20. The summed E-state index contributed by atoms with van der Waals surface area (Å²) < 4.78 is 27.9. The standard InChI is InChI=1S/C13H16ClNO4S/c14-11-3-1-2-4-12(11)19-7-5-13(16)15-10-6-8-20(17,18)9-10/h1-4,10H,5-9H2,(H,15,16). The van der Waals surface area contributed by atoms with E-state index in [2.05, 4.69) is 5.32 Å². The summed E-state index contributed by atoms with van der Waals surface area (Å²) in [7, 11) is -2.97. The van der Waals surface area contributed by atoms with Crippen LogP contribution < -0.4 is 10.1 Å². The van der Waals surface area contributed by atoms with Crippen molar-refractivity contribution in [2.45, 2.75) is 18.9 Å². The topological polar surface area (TPSA) is 72.5 Å². The highest BCUT2D eigenvalue weighted by atomic mass is 35.5. The van der Waals surface area contributed by atoms with E-state index in [0.717, 1.165) is 0 Å². The van der Waals surface area contributed by atoms with Gasteiger partial charge in [0.1, 0.15) is 5.75 Å². The summed E-state index contributed by atoms with van der Waals surface area (Å²) in [5.41, 5.74) is 0. The van der Waals surface area contributed by atoms with Crippen LogP contribution in [0.2, 0.25) is 5.02 Å². The van der Waals surface area contributed by atoms with Gasteiger partial charge >= 0.3 is 0 Å². The lowest BCUT2D eigenvalue weighted by Crippen LogP contribution is -2.36. The highest BCUT2D eigenvalue weighted by Gasteiger charge is 2.28. The van der Waals surface area contributed by atoms with Gasteiger partial charge in [-0.2, -0.15) is 0 Å². The van der Waals surface area contributed by atoms with Crippen molar-refractivity contribution in [3.63, 3.8) is 0 Å². The molecule has 110 valence electrons. The van der Waals surface area contributed by atoms with E-state index in [-0.39, 0.29) is 36.5 Å². The van der Waals surface area contributed by atoms with E-state index in [4.69, 9.17) is 16.3 Å². The van der Waals surface area contributed by atoms with Crippen LogP contribution in [0.4, 0.5) is 0 Å². The van der Waals surface area contributed by atoms with Crippen molar-refractivity contribution < 1.29 is 17.9 Å². The predicted molar refractivity (Wildman–Crippen MR) is 76.8 cm³/mol. The van der Waals surface area contributed by atoms with Gasteiger partial charge in [-0.25, -0.2) is 8.42 Å². The normalized spacial score (nSPS) is 20.6. The first kappa shape index (κ1) is 15.1. The minimum Gasteiger partial charge on any atom is -0.491 e. The average Bonchev–Trinajstić information content (AvgIpc) is 2.71. The molecule has 0 spiro atoms. The molecule has 1 aromatic rings. The first-order valence-electron chi connectivity index (χ1n) is 6.33. The van der Waals surface area contributed by atoms with E-state index in [1.165, 1.54) is 0 Å². The van der Waals surface area contributed by atoms with Crippen molar-refractivity contribution in [3.05, 3.63) is 29.3 Å². The molecule has 1 saturated heterocycles. The van der Waals surface area contributed by atoms with Crippen LogP contribution >= 0.6 is 11.6 Å². The molecule has 2 rings (SSSR count). The Balaban J connectivity index is 1.72. The van der Waals surface area contributed by atoms with Gasteiger partial charge in [-0.05, 0) is 18.6 Å². The van der Waals surface area contributed by atoms with E-state index >= 15 is 0 Å². The van der Waals surface area contributed by atoms with Crippen LogP contribution in [-0.2, 0) is 14.6 Å². The van der Waals surface area contributed by atoms with Crippen molar-refractivity contribution in [2.24, 2.45) is 0 Å². The number of benzene rings is 1. The monoisotopic (exact) mass is 317 g/mol. The Morgan fingerprint density at radius 2 is 2.15 bits per heavy atom. The summed E-state index contributed by atoms with van der Waals surface area (Å²) in [5.74, 6) is 0.502. The molecule has 0 aliphatic carbocycles. The number of hydrogen-bond donors (Lipinski definition) is 1. The highest BCUT2D eigenvalue weighted by molar-refractivity contribution is 7.91. The zero-order chi connectivity index (χ0) is 14.6. The summed E-state index contributed by atoms with van der Waals surface area (Å²) >= 11 is 5.92. The van der Waals surface area contributed by atoms with Gasteiger partial charge < -0.3 is 10.1 Å². The lowest BCUT2D eigenvalue weighted by Gasteiger charge is -2.11. The Morgan fingerprint density at radius 1 is 1.40 bits per heavy atom. The molecule has 0 saturated carbocycles. The fourth-order valence-electron chi connectivity index (χ4n) is 2.02. The average molecular weight is 318 g/mol. The zero-order valence-electron chi connectivity index (χ0n) is 10.8. The molecule has 1 aliphatic heterocycles. The largest absolute Gasteiger partial charge is 0.491 e. The SMILES string of the molecule is O=C(CCOc1ccccc1Cl)NC1CCS(=O)(=O)C1. The van der Waals surface area contributed by atoms with E-state index in [0.29, 0.717) is 17.2 Å². The molecule has 20 heavy (non-hydrogen) atoms. The summed E-state index contributed by atoms with van der Waals surface area (Å²) in [4.78, 5) is 11.7. The fourth-order valence-corrected chi connectivity index (χ4v) is 3.89. The van der Waals surface area contributed by atoms with Crippen molar-refractivity contribution >= 4 is 27.3 Å². The molecule has 0 radical (unpaired) electrons. The van der Waals surface area contributed by atoms with Crippen molar-refractivity contribution in [2.75, 3.05) is 18.1 Å². The summed E-state index contributed by atoms with van der Waals surface area (Å²) in [6, 6.07) is 6.75. The zero-order valence-corrected chi connectivity index (χ0v) is 12.4. The van der Waals surface area contributed by atoms with Crippen molar-refractivity contribution in [1.82, 2.24) is 5.32 Å². The third-order valence-corrected chi connectivity index (χ3v) is 5.10. The predicted octanol–water partition coefficient (Wildman–Crippen LogP) is 1.41. The second-order valence-corrected chi connectivity index (χ2v) is 7.33. The van der Waals surface area contributed by atoms with Crippen molar-refractivity contribution in [3.8, 4) is 5.75 Å². The van der Waals surface area contributed by atoms with Crippen LogP contribution in [0.5, 0.6) is 5.75 Å². The third-order valence-electron chi connectivity index (χ3n) is 3.02. The van der Waals surface area contributed by atoms with Crippen LogP contribution in [0.15, 0.2) is 24.3 Å². The molecule has 1 heterocycles. The van der Waals surface area contributed by atoms with Crippen LogP contribution in [-0.4, -0.2) is 38.5 Å². The van der Waals surface area contributed by atoms with E-state index in [1.807, 2.05) is 0 Å². The molecule has 1 fully saturated rings. The van der Waals surface area contributed by atoms with Crippen LogP contribution in [0.3, 0.4) is 0 Å². The minimum absolute atomic E-state index is 0.0319. The molecular formula is C13H16ClNO4S. The van der Waals surface area contributed by atoms with Crippen LogP contribution in [0, 0.1) is 0 Å². The van der Waals surface area contributed by atoms with Crippen LogP contribution in [0.1, 0.15) is 12.8 Å². The molecule has 1 N–H and O–H groups in total. The number of nitrogens with one attached hydrogen (secondary N) is 1. The van der Waals surface area contributed by atoms with Gasteiger partial charge in [0.15, 0.2) is 9.84 Å². The molecule has 7 heteroatoms. The Morgan fingerprint density at radius 3 is 2.80 bits per heavy atom. The molecule has 1 amide bonds. The summed E-state index contributed by atoms with van der Waals surface area (Å²) in [6.45, 7) is 0.203. The number of amides is 1. The van der Waals surface area contributed by atoms with Crippen LogP contribution in [0.25, 0.3) is 0 Å². The molecule has 1 atom stereocenters. The number of sulfone groups is 1. The van der Waals surface area contributed by atoms with E-state index < -0.39 is 9.84 Å². The number of rotatable bonds is 5. The number of carbonyl (C=O) groups excluding carboxylic acids is 1. The molecule has 5 nitrogen and oxygen atoms in total. The maximum Gasteiger partial charge on any atom is 0.223 e. The Labute approximate surface area is 123 Å². The molecule has 0 aromatic heterocycles. The van der Waals surface area contributed by atoms with Gasteiger partial charge in [0, 0.05) is 6.04 Å². The number of hydrogen-bond acceptors (Lipinski definition) is 4. The Kier molecular flexibility index (Phi) is 4.88. The number of para-hydroxylation sites is 1. The molecule has 1 aliphatic rings. The fraction of sp³-hybridized carbons (Fsp3) is 0.462. The second-order valence-electron chi connectivity index (χ2n) is 4.70. The number of halogens is 1. The van der Waals surface area contributed by atoms with Gasteiger partial charge in [0.2, 0.25) is 5.91 Å². The quantitative estimate of drug-likeness (QED) is 0.891. The first-order valence-corrected chi connectivity index (χ1v) is 8.53. The first-order chi connectivity index (χ1) is 9.46. The van der Waals surface area contributed by atoms with Gasteiger partial charge in [0.25, 0.3) is 0 Å². The smallest absolute Gasteiger partial charge is 0.223 e. The molecular weight excluding hydrogens is 302 g/mol. The highest BCUT2D eigenvalue weighted by Crippen LogP contribution is 2.23. The van der Waals surface area contributed by atoms with Gasteiger partial charge in [-0.15, -0.1) is 0 Å². The van der Waals surface area contributed by atoms with Gasteiger partial charge in [-0.3, -0.25) is 4.79 Å². The van der Waals surface area contributed by atoms with E-state index in [9.17, 15) is 13.2 Å². The molecule has 0 bridgehead atoms. The minimum atomic E-state index is -2.97. The lowest BCUT2D eigenvalue weighted by molar-refractivity contribution is -0.122. The Bertz CT molecular complexity index is 588. The molecule has 1 unspecified atom stereocenters. The molecule has 1 aromatic carbocycles. The Hall–Kier alpha value is -1.27. The second kappa shape index (κ2) is 6.45. The van der Waals surface area contributed by atoms with Gasteiger partial charge in [0.05, 0.1) is 29.6 Å². The lowest BCUT2D eigenvalue weighted by atomic mass is 10.2. The summed E-state index contributed by atoms with van der Waals surface area (Å²) in [6.07, 6.45) is 0.654. The number of carbonyl (C=O) groups is 1. The third kappa shape index (κ3) is 4.38. The van der Waals surface area contributed by atoms with Crippen molar-refractivity contribution in [1.29, 1.82) is 0 Å². The maximum atomic E-state index is 11.7. The number of ether oxygens (including phenoxy) is 1. The van der Waals surface area contributed by atoms with E-state index in [1.54, 1.807) is 24.3 Å². The maximum absolute atomic E-state index is 11.7. The van der Waals surface area contributed by atoms with Gasteiger partial charge in [-0.1, -0.05) is 23.7 Å².